The molecule has 0 radical (unpaired) electrons. The predicted molar refractivity (Wildman–Crippen MR) is 81.0 cm³/mol. The van der Waals surface area contributed by atoms with Crippen molar-refractivity contribution in [2.24, 2.45) is 11.7 Å². The van der Waals surface area contributed by atoms with Crippen LogP contribution < -0.4 is 5.73 Å². The van der Waals surface area contributed by atoms with Gasteiger partial charge in [-0.2, -0.15) is 13.2 Å². The third-order valence-corrected chi connectivity index (χ3v) is 3.95. The molecular formula is C15H20ClF3N2O. The fourth-order valence-corrected chi connectivity index (χ4v) is 2.71. The molecule has 0 aromatic heterocycles. The van der Waals surface area contributed by atoms with Crippen molar-refractivity contribution >= 4 is 18.3 Å². The normalized spacial score (nSPS) is 20.2. The van der Waals surface area contributed by atoms with Gasteiger partial charge in [0.2, 0.25) is 0 Å². The maximum Gasteiger partial charge on any atom is 0.417 e. The first-order chi connectivity index (χ1) is 9.80. The van der Waals surface area contributed by atoms with Crippen molar-refractivity contribution in [2.45, 2.75) is 32.0 Å². The highest BCUT2D eigenvalue weighted by molar-refractivity contribution is 5.96. The highest BCUT2D eigenvalue weighted by Crippen LogP contribution is 2.33. The SMILES string of the molecule is CC(N)C1CCCN(C(=O)c2ccccc2C(F)(F)F)C1.Cl. The van der Waals surface area contributed by atoms with Crippen molar-refractivity contribution in [3.05, 3.63) is 35.4 Å². The van der Waals surface area contributed by atoms with Gasteiger partial charge in [0.25, 0.3) is 5.91 Å². The molecule has 3 nitrogen and oxygen atoms in total. The van der Waals surface area contributed by atoms with Crippen molar-refractivity contribution in [3.63, 3.8) is 0 Å². The van der Waals surface area contributed by atoms with E-state index in [2.05, 4.69) is 0 Å². The number of hydrogen-bond acceptors (Lipinski definition) is 2. The minimum atomic E-state index is -4.53. The van der Waals surface area contributed by atoms with Crippen molar-refractivity contribution in [1.29, 1.82) is 0 Å². The molecule has 0 bridgehead atoms. The molecule has 1 aliphatic heterocycles. The minimum absolute atomic E-state index is 0. The van der Waals surface area contributed by atoms with Crippen LogP contribution in [0, 0.1) is 5.92 Å². The summed E-state index contributed by atoms with van der Waals surface area (Å²) >= 11 is 0. The average Bonchev–Trinajstić information content (AvgIpc) is 2.45. The molecule has 0 spiro atoms. The zero-order chi connectivity index (χ0) is 15.6. The van der Waals surface area contributed by atoms with Gasteiger partial charge in [-0.1, -0.05) is 12.1 Å². The second kappa shape index (κ2) is 7.33. The van der Waals surface area contributed by atoms with Gasteiger partial charge in [-0.25, -0.2) is 0 Å². The van der Waals surface area contributed by atoms with Crippen LogP contribution in [0.15, 0.2) is 24.3 Å². The number of carbonyl (C=O) groups is 1. The van der Waals surface area contributed by atoms with Crippen LogP contribution in [0.1, 0.15) is 35.7 Å². The van der Waals surface area contributed by atoms with E-state index in [1.165, 1.54) is 23.1 Å². The Hall–Kier alpha value is -1.27. The topological polar surface area (TPSA) is 46.3 Å². The smallest absolute Gasteiger partial charge is 0.338 e. The van der Waals surface area contributed by atoms with E-state index in [1.54, 1.807) is 0 Å². The Morgan fingerprint density at radius 1 is 1.36 bits per heavy atom. The monoisotopic (exact) mass is 336 g/mol. The van der Waals surface area contributed by atoms with Crippen molar-refractivity contribution in [3.8, 4) is 0 Å². The molecule has 22 heavy (non-hydrogen) atoms. The van der Waals surface area contributed by atoms with Gasteiger partial charge in [-0.15, -0.1) is 12.4 Å². The summed E-state index contributed by atoms with van der Waals surface area (Å²) in [6, 6.07) is 4.86. The van der Waals surface area contributed by atoms with Crippen LogP contribution in [-0.2, 0) is 6.18 Å². The molecule has 2 atom stereocenters. The Bertz CT molecular complexity index is 520. The standard InChI is InChI=1S/C15H19F3N2O.ClH/c1-10(19)11-5-4-8-20(9-11)14(21)12-6-2-3-7-13(12)15(16,17)18;/h2-3,6-7,10-11H,4-5,8-9,19H2,1H3;1H. The van der Waals surface area contributed by atoms with Gasteiger partial charge in [0, 0.05) is 19.1 Å². The Morgan fingerprint density at radius 3 is 2.59 bits per heavy atom. The summed E-state index contributed by atoms with van der Waals surface area (Å²) in [5.74, 6) is -0.422. The van der Waals surface area contributed by atoms with E-state index in [0.717, 1.165) is 18.9 Å². The molecule has 1 aliphatic rings. The molecule has 1 heterocycles. The van der Waals surface area contributed by atoms with Crippen LogP contribution in [0.25, 0.3) is 0 Å². The lowest BCUT2D eigenvalue weighted by atomic mass is 9.91. The summed E-state index contributed by atoms with van der Waals surface area (Å²) in [4.78, 5) is 13.9. The molecule has 2 rings (SSSR count). The lowest BCUT2D eigenvalue weighted by Gasteiger charge is -2.35. The minimum Gasteiger partial charge on any atom is -0.338 e. The number of likely N-dealkylation sites (tertiary alicyclic amines) is 1. The van der Waals surface area contributed by atoms with E-state index in [0.29, 0.717) is 13.1 Å². The summed E-state index contributed by atoms with van der Waals surface area (Å²) in [5, 5.41) is 0. The highest BCUT2D eigenvalue weighted by Gasteiger charge is 2.36. The zero-order valence-corrected chi connectivity index (χ0v) is 13.1. The van der Waals surface area contributed by atoms with Gasteiger partial charge in [0.1, 0.15) is 0 Å². The zero-order valence-electron chi connectivity index (χ0n) is 12.3. The van der Waals surface area contributed by atoms with Gasteiger partial charge >= 0.3 is 6.18 Å². The van der Waals surface area contributed by atoms with Crippen LogP contribution in [0.2, 0.25) is 0 Å². The fourth-order valence-electron chi connectivity index (χ4n) is 2.71. The van der Waals surface area contributed by atoms with Crippen LogP contribution >= 0.6 is 12.4 Å². The second-order valence-electron chi connectivity index (χ2n) is 5.56. The van der Waals surface area contributed by atoms with Crippen molar-refractivity contribution in [2.75, 3.05) is 13.1 Å². The van der Waals surface area contributed by atoms with E-state index in [4.69, 9.17) is 5.73 Å². The lowest BCUT2D eigenvalue weighted by molar-refractivity contribution is -0.138. The molecule has 1 amide bonds. The number of benzene rings is 1. The van der Waals surface area contributed by atoms with E-state index < -0.39 is 17.6 Å². The van der Waals surface area contributed by atoms with Crippen molar-refractivity contribution in [1.82, 2.24) is 4.90 Å². The first-order valence-corrected chi connectivity index (χ1v) is 7.01. The van der Waals surface area contributed by atoms with Gasteiger partial charge in [0.05, 0.1) is 11.1 Å². The van der Waals surface area contributed by atoms with E-state index >= 15 is 0 Å². The summed E-state index contributed by atoms with van der Waals surface area (Å²) in [6.45, 7) is 2.76. The van der Waals surface area contributed by atoms with Crippen LogP contribution in [0.3, 0.4) is 0 Å². The highest BCUT2D eigenvalue weighted by atomic mass is 35.5. The molecular weight excluding hydrogens is 317 g/mol. The maximum absolute atomic E-state index is 13.0. The van der Waals surface area contributed by atoms with Gasteiger partial charge in [-0.3, -0.25) is 4.79 Å². The van der Waals surface area contributed by atoms with Crippen molar-refractivity contribution < 1.29 is 18.0 Å². The number of nitrogens with zero attached hydrogens (tertiary/aromatic N) is 1. The number of halogens is 4. The van der Waals surface area contributed by atoms with Gasteiger partial charge in [-0.05, 0) is 37.8 Å². The summed E-state index contributed by atoms with van der Waals surface area (Å²) in [6.07, 6.45) is -2.85. The third kappa shape index (κ3) is 4.14. The van der Waals surface area contributed by atoms with Gasteiger partial charge in [0.15, 0.2) is 0 Å². The Kier molecular flexibility index (Phi) is 6.26. The Balaban J connectivity index is 0.00000242. The lowest BCUT2D eigenvalue weighted by Crippen LogP contribution is -2.45. The molecule has 0 aliphatic carbocycles. The Morgan fingerprint density at radius 2 is 2.00 bits per heavy atom. The van der Waals surface area contributed by atoms with E-state index in [9.17, 15) is 18.0 Å². The Labute approximate surface area is 134 Å². The molecule has 2 N–H and O–H groups in total. The summed E-state index contributed by atoms with van der Waals surface area (Å²) in [7, 11) is 0. The van der Waals surface area contributed by atoms with Crippen LogP contribution in [0.4, 0.5) is 13.2 Å². The van der Waals surface area contributed by atoms with Crippen LogP contribution in [0.5, 0.6) is 0 Å². The second-order valence-corrected chi connectivity index (χ2v) is 5.56. The molecule has 0 saturated carbocycles. The molecule has 1 fully saturated rings. The number of piperidine rings is 1. The van der Waals surface area contributed by atoms with E-state index in [-0.39, 0.29) is 29.9 Å². The van der Waals surface area contributed by atoms with Gasteiger partial charge < -0.3 is 10.6 Å². The number of carbonyl (C=O) groups excluding carboxylic acids is 1. The summed E-state index contributed by atoms with van der Waals surface area (Å²) in [5.41, 5.74) is 4.69. The predicted octanol–water partition coefficient (Wildman–Crippen LogP) is 3.33. The summed E-state index contributed by atoms with van der Waals surface area (Å²) < 4.78 is 39.0. The molecule has 124 valence electrons. The number of amides is 1. The molecule has 1 aromatic carbocycles. The average molecular weight is 337 g/mol. The number of rotatable bonds is 2. The molecule has 1 aromatic rings. The van der Waals surface area contributed by atoms with Crippen LogP contribution in [-0.4, -0.2) is 29.9 Å². The number of alkyl halides is 3. The fraction of sp³-hybridized carbons (Fsp3) is 0.533. The number of hydrogen-bond donors (Lipinski definition) is 1. The maximum atomic E-state index is 13.0. The first kappa shape index (κ1) is 18.8. The molecule has 7 heteroatoms. The third-order valence-electron chi connectivity index (χ3n) is 3.95. The van der Waals surface area contributed by atoms with E-state index in [1.807, 2.05) is 6.92 Å². The quantitative estimate of drug-likeness (QED) is 0.900. The molecule has 1 saturated heterocycles. The number of nitrogens with two attached hydrogens (primary N) is 1. The molecule has 2 unspecified atom stereocenters. The largest absolute Gasteiger partial charge is 0.417 e. The first-order valence-electron chi connectivity index (χ1n) is 7.01.